The first-order valence-corrected chi connectivity index (χ1v) is 3.08. The summed E-state index contributed by atoms with van der Waals surface area (Å²) in [5.41, 5.74) is 0. The molecule has 1 N–H and O–H groups in total. The molecular weight excluding hydrogens is 138 g/mol. The summed E-state index contributed by atoms with van der Waals surface area (Å²) >= 11 is 0. The maximum absolute atomic E-state index is 10.5. The van der Waals surface area contributed by atoms with E-state index in [0.717, 1.165) is 13.0 Å². The Morgan fingerprint density at radius 1 is 1.44 bits per heavy atom. The fourth-order valence-corrected chi connectivity index (χ4v) is 0.513. The number of amides is 1. The van der Waals surface area contributed by atoms with Crippen molar-refractivity contribution in [2.45, 2.75) is 26.7 Å². The minimum absolute atomic E-state index is 0. The van der Waals surface area contributed by atoms with Crippen LogP contribution in [-0.4, -0.2) is 12.5 Å². The van der Waals surface area contributed by atoms with Crippen molar-refractivity contribution in [2.24, 2.45) is 0 Å². The monoisotopic (exact) mass is 151 g/mol. The fourth-order valence-electron chi connectivity index (χ4n) is 0.513. The van der Waals surface area contributed by atoms with E-state index in [1.54, 1.807) is 0 Å². The largest absolute Gasteiger partial charge is 0.356 e. The van der Waals surface area contributed by atoms with Crippen LogP contribution >= 0.6 is 12.4 Å². The van der Waals surface area contributed by atoms with Crippen molar-refractivity contribution in [2.75, 3.05) is 6.54 Å². The van der Waals surface area contributed by atoms with Crippen LogP contribution < -0.4 is 5.32 Å². The third-order valence-corrected chi connectivity index (χ3v) is 0.851. The summed E-state index contributed by atoms with van der Waals surface area (Å²) in [5, 5.41) is 2.71. The predicted octanol–water partition coefficient (Wildman–Crippen LogP) is 1.34. The SMILES string of the molecule is CCCC(=O)NCC.Cl. The van der Waals surface area contributed by atoms with Crippen molar-refractivity contribution in [1.82, 2.24) is 5.32 Å². The molecule has 0 aromatic carbocycles. The second kappa shape index (κ2) is 7.76. The maximum Gasteiger partial charge on any atom is 0.219 e. The van der Waals surface area contributed by atoms with Gasteiger partial charge in [-0.1, -0.05) is 6.92 Å². The van der Waals surface area contributed by atoms with Gasteiger partial charge in [-0.3, -0.25) is 4.79 Å². The van der Waals surface area contributed by atoms with Gasteiger partial charge in [-0.15, -0.1) is 12.4 Å². The molecule has 0 rings (SSSR count). The molecule has 2 nitrogen and oxygen atoms in total. The molecule has 1 amide bonds. The molecule has 0 atom stereocenters. The normalized spacial score (nSPS) is 7.78. The van der Waals surface area contributed by atoms with Gasteiger partial charge in [0.2, 0.25) is 5.91 Å². The van der Waals surface area contributed by atoms with Crippen molar-refractivity contribution >= 4 is 18.3 Å². The van der Waals surface area contributed by atoms with E-state index in [9.17, 15) is 4.79 Å². The van der Waals surface area contributed by atoms with E-state index in [4.69, 9.17) is 0 Å². The molecule has 0 radical (unpaired) electrons. The van der Waals surface area contributed by atoms with Crippen LogP contribution in [0.4, 0.5) is 0 Å². The lowest BCUT2D eigenvalue weighted by Crippen LogP contribution is -2.21. The van der Waals surface area contributed by atoms with Crippen molar-refractivity contribution in [1.29, 1.82) is 0 Å². The molecule has 0 unspecified atom stereocenters. The van der Waals surface area contributed by atoms with Crippen molar-refractivity contribution < 1.29 is 4.79 Å². The molecule has 0 saturated carbocycles. The average Bonchev–Trinajstić information content (AvgIpc) is 1.68. The van der Waals surface area contributed by atoms with Crippen LogP contribution in [-0.2, 0) is 4.79 Å². The minimum Gasteiger partial charge on any atom is -0.356 e. The van der Waals surface area contributed by atoms with Gasteiger partial charge in [-0.05, 0) is 13.3 Å². The fraction of sp³-hybridized carbons (Fsp3) is 0.833. The highest BCUT2D eigenvalue weighted by atomic mass is 35.5. The van der Waals surface area contributed by atoms with Crippen LogP contribution in [0.1, 0.15) is 26.7 Å². The highest BCUT2D eigenvalue weighted by Gasteiger charge is 1.92. The maximum atomic E-state index is 10.5. The molecular formula is C6H14ClNO. The van der Waals surface area contributed by atoms with Gasteiger partial charge in [-0.2, -0.15) is 0 Å². The van der Waals surface area contributed by atoms with Crippen molar-refractivity contribution in [3.05, 3.63) is 0 Å². The summed E-state index contributed by atoms with van der Waals surface area (Å²) in [6.07, 6.45) is 1.60. The molecule has 0 spiro atoms. The van der Waals surface area contributed by atoms with E-state index in [1.807, 2.05) is 13.8 Å². The van der Waals surface area contributed by atoms with E-state index in [2.05, 4.69) is 5.32 Å². The molecule has 0 saturated heterocycles. The lowest BCUT2D eigenvalue weighted by molar-refractivity contribution is -0.121. The molecule has 0 heterocycles. The molecule has 0 aromatic heterocycles. The van der Waals surface area contributed by atoms with Gasteiger partial charge in [-0.25, -0.2) is 0 Å². The number of nitrogens with one attached hydrogen (secondary N) is 1. The third-order valence-electron chi connectivity index (χ3n) is 0.851. The van der Waals surface area contributed by atoms with E-state index in [-0.39, 0.29) is 18.3 Å². The van der Waals surface area contributed by atoms with E-state index < -0.39 is 0 Å². The van der Waals surface area contributed by atoms with Crippen LogP contribution in [0.15, 0.2) is 0 Å². The molecule has 56 valence electrons. The second-order valence-electron chi connectivity index (χ2n) is 1.70. The Labute approximate surface area is 62.4 Å². The standard InChI is InChI=1S/C6H13NO.ClH/c1-3-5-6(8)7-4-2;/h3-5H2,1-2H3,(H,7,8);1H. The molecule has 9 heavy (non-hydrogen) atoms. The Kier molecular flexibility index (Phi) is 9.95. The first-order chi connectivity index (χ1) is 3.81. The summed E-state index contributed by atoms with van der Waals surface area (Å²) in [6, 6.07) is 0. The predicted molar refractivity (Wildman–Crippen MR) is 40.8 cm³/mol. The van der Waals surface area contributed by atoms with Gasteiger partial charge in [0.25, 0.3) is 0 Å². The molecule has 0 aliphatic rings. The lowest BCUT2D eigenvalue weighted by atomic mass is 10.3. The Morgan fingerprint density at radius 3 is 2.33 bits per heavy atom. The summed E-state index contributed by atoms with van der Waals surface area (Å²) in [4.78, 5) is 10.5. The van der Waals surface area contributed by atoms with Gasteiger partial charge < -0.3 is 5.32 Å². The number of hydrogen-bond acceptors (Lipinski definition) is 1. The first-order valence-electron chi connectivity index (χ1n) is 3.08. The number of carbonyl (C=O) groups excluding carboxylic acids is 1. The lowest BCUT2D eigenvalue weighted by Gasteiger charge is -1.96. The Balaban J connectivity index is 0. The third kappa shape index (κ3) is 7.76. The first kappa shape index (κ1) is 11.5. The Hall–Kier alpha value is -0.240. The molecule has 0 fully saturated rings. The number of rotatable bonds is 3. The summed E-state index contributed by atoms with van der Waals surface area (Å²) in [6.45, 7) is 4.67. The van der Waals surface area contributed by atoms with Crippen LogP contribution in [0, 0.1) is 0 Å². The number of carbonyl (C=O) groups is 1. The van der Waals surface area contributed by atoms with Crippen molar-refractivity contribution in [3.8, 4) is 0 Å². The Morgan fingerprint density at radius 2 is 2.00 bits per heavy atom. The minimum atomic E-state index is 0. The van der Waals surface area contributed by atoms with Gasteiger partial charge in [0.05, 0.1) is 0 Å². The number of halogens is 1. The zero-order chi connectivity index (χ0) is 6.41. The van der Waals surface area contributed by atoms with E-state index in [1.165, 1.54) is 0 Å². The second-order valence-corrected chi connectivity index (χ2v) is 1.70. The Bertz CT molecular complexity index is 67.5. The summed E-state index contributed by atoms with van der Waals surface area (Å²) in [5.74, 6) is 0.162. The van der Waals surface area contributed by atoms with Crippen LogP contribution in [0.25, 0.3) is 0 Å². The topological polar surface area (TPSA) is 29.1 Å². The van der Waals surface area contributed by atoms with Crippen LogP contribution in [0.3, 0.4) is 0 Å². The van der Waals surface area contributed by atoms with Gasteiger partial charge in [0.15, 0.2) is 0 Å². The highest BCUT2D eigenvalue weighted by molar-refractivity contribution is 5.85. The zero-order valence-electron chi connectivity index (χ0n) is 5.94. The van der Waals surface area contributed by atoms with E-state index in [0.29, 0.717) is 6.42 Å². The summed E-state index contributed by atoms with van der Waals surface area (Å²) < 4.78 is 0. The molecule has 0 aliphatic heterocycles. The number of hydrogen-bond donors (Lipinski definition) is 1. The molecule has 3 heteroatoms. The summed E-state index contributed by atoms with van der Waals surface area (Å²) in [7, 11) is 0. The average molecular weight is 152 g/mol. The zero-order valence-corrected chi connectivity index (χ0v) is 6.75. The van der Waals surface area contributed by atoms with Crippen molar-refractivity contribution in [3.63, 3.8) is 0 Å². The quantitative estimate of drug-likeness (QED) is 0.648. The van der Waals surface area contributed by atoms with Gasteiger partial charge in [0, 0.05) is 13.0 Å². The van der Waals surface area contributed by atoms with Gasteiger partial charge in [0.1, 0.15) is 0 Å². The van der Waals surface area contributed by atoms with E-state index >= 15 is 0 Å². The molecule has 0 aromatic rings. The molecule has 0 aliphatic carbocycles. The van der Waals surface area contributed by atoms with Gasteiger partial charge >= 0.3 is 0 Å². The van der Waals surface area contributed by atoms with Crippen LogP contribution in [0.2, 0.25) is 0 Å². The highest BCUT2D eigenvalue weighted by Crippen LogP contribution is 1.83. The van der Waals surface area contributed by atoms with Crippen LogP contribution in [0.5, 0.6) is 0 Å². The molecule has 0 bridgehead atoms. The smallest absolute Gasteiger partial charge is 0.219 e.